The minimum atomic E-state index is -2.96. The summed E-state index contributed by atoms with van der Waals surface area (Å²) in [6.45, 7) is 10.5. The van der Waals surface area contributed by atoms with Crippen molar-refractivity contribution in [2.45, 2.75) is 65.0 Å². The Kier molecular flexibility index (Phi) is 13.3. The molecular formula is C17H37IN4O4S. The van der Waals surface area contributed by atoms with Gasteiger partial charge < -0.3 is 20.7 Å². The lowest BCUT2D eigenvalue weighted by molar-refractivity contribution is 0.0448. The van der Waals surface area contributed by atoms with Crippen molar-refractivity contribution >= 4 is 45.9 Å². The second kappa shape index (κ2) is 12.6. The number of hydrogen-bond donors (Lipinski definition) is 3. The zero-order valence-electron chi connectivity index (χ0n) is 17.6. The second-order valence-electron chi connectivity index (χ2n) is 7.45. The highest BCUT2D eigenvalue weighted by Crippen LogP contribution is 2.16. The first-order chi connectivity index (χ1) is 11.9. The van der Waals surface area contributed by atoms with Gasteiger partial charge in [0.05, 0.1) is 11.3 Å². The van der Waals surface area contributed by atoms with Gasteiger partial charge in [-0.05, 0) is 40.0 Å². The third-order valence-electron chi connectivity index (χ3n) is 3.92. The quantitative estimate of drug-likeness (QED) is 0.186. The molecule has 0 bridgehead atoms. The molecule has 0 saturated heterocycles. The fourth-order valence-corrected chi connectivity index (χ4v) is 2.92. The summed E-state index contributed by atoms with van der Waals surface area (Å²) >= 11 is 0. The second-order valence-corrected chi connectivity index (χ2v) is 9.71. The van der Waals surface area contributed by atoms with E-state index in [9.17, 15) is 13.2 Å². The number of alkyl carbamates (subject to hydrolysis) is 1. The van der Waals surface area contributed by atoms with Crippen molar-refractivity contribution in [2.75, 3.05) is 32.1 Å². The lowest BCUT2D eigenvalue weighted by Gasteiger charge is -2.34. The number of amides is 1. The van der Waals surface area contributed by atoms with Gasteiger partial charge >= 0.3 is 6.09 Å². The summed E-state index contributed by atoms with van der Waals surface area (Å²) in [5.41, 5.74) is -1.02. The first-order valence-corrected chi connectivity index (χ1v) is 11.1. The van der Waals surface area contributed by atoms with Crippen molar-refractivity contribution in [2.24, 2.45) is 4.99 Å². The number of sulfone groups is 1. The van der Waals surface area contributed by atoms with Gasteiger partial charge in [-0.2, -0.15) is 0 Å². The maximum Gasteiger partial charge on any atom is 0.408 e. The van der Waals surface area contributed by atoms with Gasteiger partial charge in [0.25, 0.3) is 0 Å². The SMILES string of the molecule is CCC(CC)(CNC(=NC)NCCCS(C)(=O)=O)NC(=O)OC(C)(C)C.I. The average molecular weight is 520 g/mol. The highest BCUT2D eigenvalue weighted by atomic mass is 127. The molecule has 1 amide bonds. The number of carbonyl (C=O) groups is 1. The van der Waals surface area contributed by atoms with Crippen molar-refractivity contribution in [3.63, 3.8) is 0 Å². The summed E-state index contributed by atoms with van der Waals surface area (Å²) in [5.74, 6) is 0.696. The van der Waals surface area contributed by atoms with Crippen LogP contribution in [0.25, 0.3) is 0 Å². The van der Waals surface area contributed by atoms with Crippen molar-refractivity contribution in [3.05, 3.63) is 0 Å². The molecule has 0 atom stereocenters. The first-order valence-electron chi connectivity index (χ1n) is 9.00. The van der Waals surface area contributed by atoms with E-state index in [4.69, 9.17) is 4.74 Å². The van der Waals surface area contributed by atoms with Crippen LogP contribution < -0.4 is 16.0 Å². The van der Waals surface area contributed by atoms with E-state index < -0.39 is 27.1 Å². The van der Waals surface area contributed by atoms with E-state index in [0.29, 0.717) is 25.5 Å². The minimum absolute atomic E-state index is 0. The number of nitrogens with one attached hydrogen (secondary N) is 3. The summed E-state index contributed by atoms with van der Waals surface area (Å²) in [5, 5.41) is 9.25. The van der Waals surface area contributed by atoms with Crippen molar-refractivity contribution in [3.8, 4) is 0 Å². The third kappa shape index (κ3) is 14.0. The fraction of sp³-hybridized carbons (Fsp3) is 0.882. The van der Waals surface area contributed by atoms with E-state index in [-0.39, 0.29) is 29.7 Å². The normalized spacial score (nSPS) is 12.8. The monoisotopic (exact) mass is 520 g/mol. The number of guanidine groups is 1. The lowest BCUT2D eigenvalue weighted by Crippen LogP contribution is -2.57. The smallest absolute Gasteiger partial charge is 0.408 e. The van der Waals surface area contributed by atoms with Gasteiger partial charge in [-0.3, -0.25) is 4.99 Å². The minimum Gasteiger partial charge on any atom is -0.444 e. The molecule has 27 heavy (non-hydrogen) atoms. The molecule has 8 nitrogen and oxygen atoms in total. The van der Waals surface area contributed by atoms with Crippen LogP contribution in [-0.4, -0.2) is 63.8 Å². The number of aliphatic imine (C=N–C) groups is 1. The van der Waals surface area contributed by atoms with Crippen LogP contribution in [0.3, 0.4) is 0 Å². The highest BCUT2D eigenvalue weighted by molar-refractivity contribution is 14.0. The van der Waals surface area contributed by atoms with Crippen LogP contribution in [0.15, 0.2) is 4.99 Å². The fourth-order valence-electron chi connectivity index (χ4n) is 2.26. The Morgan fingerprint density at radius 3 is 2.07 bits per heavy atom. The number of hydrogen-bond acceptors (Lipinski definition) is 5. The Hall–Kier alpha value is -0.780. The summed E-state index contributed by atoms with van der Waals surface area (Å²) in [6, 6.07) is 0. The molecule has 0 spiro atoms. The first kappa shape index (κ1) is 28.4. The Balaban J connectivity index is 0. The molecule has 0 aromatic heterocycles. The molecule has 3 N–H and O–H groups in total. The van der Waals surface area contributed by atoms with Gasteiger partial charge in [-0.1, -0.05) is 13.8 Å². The predicted octanol–water partition coefficient (Wildman–Crippen LogP) is 2.29. The number of rotatable bonds is 9. The zero-order valence-corrected chi connectivity index (χ0v) is 20.8. The van der Waals surface area contributed by atoms with Crippen LogP contribution in [-0.2, 0) is 14.6 Å². The van der Waals surface area contributed by atoms with E-state index in [1.807, 2.05) is 34.6 Å². The average Bonchev–Trinajstić information content (AvgIpc) is 2.50. The van der Waals surface area contributed by atoms with Crippen molar-refractivity contribution in [1.29, 1.82) is 0 Å². The Morgan fingerprint density at radius 1 is 1.11 bits per heavy atom. The van der Waals surface area contributed by atoms with Crippen LogP contribution in [0.5, 0.6) is 0 Å². The summed E-state index contributed by atoms with van der Waals surface area (Å²) in [7, 11) is -1.32. The van der Waals surface area contributed by atoms with Crippen LogP contribution in [0.1, 0.15) is 53.9 Å². The number of carbonyl (C=O) groups excluding carboxylic acids is 1. The van der Waals surface area contributed by atoms with Crippen LogP contribution >= 0.6 is 24.0 Å². The van der Waals surface area contributed by atoms with Crippen LogP contribution in [0.2, 0.25) is 0 Å². The van der Waals surface area contributed by atoms with Gasteiger partial charge in [0.15, 0.2) is 5.96 Å². The molecule has 0 aromatic carbocycles. The van der Waals surface area contributed by atoms with Gasteiger partial charge in [0.1, 0.15) is 15.4 Å². The third-order valence-corrected chi connectivity index (χ3v) is 4.95. The molecule has 0 fully saturated rings. The number of halogens is 1. The lowest BCUT2D eigenvalue weighted by atomic mass is 9.93. The van der Waals surface area contributed by atoms with Gasteiger partial charge in [-0.15, -0.1) is 24.0 Å². The molecule has 0 heterocycles. The van der Waals surface area contributed by atoms with Crippen LogP contribution in [0, 0.1) is 0 Å². The molecule has 0 aliphatic heterocycles. The Bertz CT molecular complexity index is 570. The summed E-state index contributed by atoms with van der Waals surface area (Å²) in [4.78, 5) is 16.3. The molecule has 0 radical (unpaired) electrons. The highest BCUT2D eigenvalue weighted by Gasteiger charge is 2.30. The van der Waals surface area contributed by atoms with Gasteiger partial charge in [0, 0.05) is 26.4 Å². The predicted molar refractivity (Wildman–Crippen MR) is 122 cm³/mol. The molecule has 0 aliphatic rings. The van der Waals surface area contributed by atoms with E-state index >= 15 is 0 Å². The molecule has 10 heteroatoms. The topological polar surface area (TPSA) is 109 Å². The maximum absolute atomic E-state index is 12.1. The molecule has 0 aromatic rings. The van der Waals surface area contributed by atoms with Gasteiger partial charge in [-0.25, -0.2) is 13.2 Å². The van der Waals surface area contributed by atoms with E-state index in [0.717, 1.165) is 12.8 Å². The standard InChI is InChI=1S/C17H36N4O4S.HI/c1-8-17(9-2,21-15(22)25-16(3,4)5)13-20-14(18-6)19-11-10-12-26(7,23)24;/h8-13H2,1-7H3,(H,21,22)(H2,18,19,20);1H. The van der Waals surface area contributed by atoms with E-state index in [1.54, 1.807) is 7.05 Å². The molecular weight excluding hydrogens is 483 g/mol. The number of nitrogens with zero attached hydrogens (tertiary/aromatic N) is 1. The molecule has 0 unspecified atom stereocenters. The largest absolute Gasteiger partial charge is 0.444 e. The van der Waals surface area contributed by atoms with Gasteiger partial charge in [0.2, 0.25) is 0 Å². The zero-order chi connectivity index (χ0) is 20.4. The van der Waals surface area contributed by atoms with Crippen molar-refractivity contribution in [1.82, 2.24) is 16.0 Å². The number of ether oxygens (including phenoxy) is 1. The Morgan fingerprint density at radius 2 is 1.67 bits per heavy atom. The molecule has 0 saturated carbocycles. The van der Waals surface area contributed by atoms with E-state index in [2.05, 4.69) is 20.9 Å². The molecule has 0 aliphatic carbocycles. The Labute approximate surface area is 181 Å². The van der Waals surface area contributed by atoms with Crippen LogP contribution in [0.4, 0.5) is 4.79 Å². The van der Waals surface area contributed by atoms with Crippen molar-refractivity contribution < 1.29 is 17.9 Å². The summed E-state index contributed by atoms with van der Waals surface area (Å²) < 4.78 is 27.7. The molecule has 162 valence electrons. The molecule has 0 rings (SSSR count). The maximum atomic E-state index is 12.1. The summed E-state index contributed by atoms with van der Waals surface area (Å²) in [6.07, 6.45) is 2.72. The van der Waals surface area contributed by atoms with E-state index in [1.165, 1.54) is 6.26 Å².